The maximum atomic E-state index is 12.8. The molecule has 28 heteroatoms. The van der Waals surface area contributed by atoms with Crippen molar-refractivity contribution in [3.05, 3.63) is 256 Å². The number of nitrogens with zero attached hydrogens (tertiary/aromatic N) is 12. The number of carbonyl (C=O) groups excluding carboxylic acids is 4. The standard InChI is InChI=1S/C30H34N6O2S.C29H30N6O3S.C27H28N6O2S/c1-21(2)38-25-9-4-6-22(18-25)20-32-29(37)28-11-10-27(39-28)26-12-13-31-30(34-26)33-23-7-5-8-24(19-23)36-16-14-35(3)15-17-36;1-34-13-15-35(16-14-34)23-8-4-7-22(18-23)32-29-30-12-11-24(33-29)25-9-10-26(39-25)27(36)31-19-20-5-3-6-21(17-20)28(37)38-2;1-32-12-14-33(15-13-32)21-6-3-5-20(17-21)30-27-28-11-10-23(31-27)24-8-9-25(36-24)26(35)29-18-19-4-2-7-22(34)16-19/h4-13,18-19,21H,14-17,20H2,1-3H3,(H,32,37)(H,31,33,34);3-12,17-18H,13-16,19H2,1-2H3,(H,31,36)(H,30,32,33);2-11,16-17,34H,12-15,18H2,1H3,(H,29,35)(H,28,30,31). The molecule has 586 valence electrons. The second kappa shape index (κ2) is 38.8. The van der Waals surface area contributed by atoms with E-state index in [1.165, 1.54) is 58.2 Å². The average Bonchev–Trinajstić information content (AvgIpc) is 1.81. The molecule has 0 radical (unpaired) electrons. The zero-order valence-electron chi connectivity index (χ0n) is 64.5. The lowest BCUT2D eigenvalue weighted by Crippen LogP contribution is -2.44. The van der Waals surface area contributed by atoms with Crippen molar-refractivity contribution in [3.63, 3.8) is 0 Å². The molecule has 25 nitrogen and oxygen atoms in total. The molecule has 3 fully saturated rings. The van der Waals surface area contributed by atoms with Gasteiger partial charge in [-0.05, 0) is 197 Å². The minimum absolute atomic E-state index is 0.101. The van der Waals surface area contributed by atoms with Crippen LogP contribution in [0, 0.1) is 0 Å². The van der Waals surface area contributed by atoms with Gasteiger partial charge in [-0.15, -0.1) is 34.0 Å². The van der Waals surface area contributed by atoms with E-state index >= 15 is 0 Å². The largest absolute Gasteiger partial charge is 0.508 e. The number of likely N-dealkylation sites (N-methyl/N-ethyl adjacent to an activating group) is 3. The van der Waals surface area contributed by atoms with Gasteiger partial charge in [0.15, 0.2) is 0 Å². The van der Waals surface area contributed by atoms with Crippen LogP contribution in [0.1, 0.15) is 69.9 Å². The molecule has 114 heavy (non-hydrogen) atoms. The molecule has 6 aromatic carbocycles. The second-order valence-corrected chi connectivity index (χ2v) is 31.2. The highest BCUT2D eigenvalue weighted by molar-refractivity contribution is 7.18. The highest BCUT2D eigenvalue weighted by Crippen LogP contribution is 2.33. The molecule has 3 saturated heterocycles. The van der Waals surface area contributed by atoms with Crippen LogP contribution < -0.4 is 51.3 Å². The van der Waals surface area contributed by atoms with Gasteiger partial charge in [0, 0.05) is 151 Å². The number of carbonyl (C=O) groups is 4. The smallest absolute Gasteiger partial charge is 0.337 e. The van der Waals surface area contributed by atoms with Crippen molar-refractivity contribution in [1.82, 2.24) is 60.6 Å². The number of rotatable bonds is 24. The van der Waals surface area contributed by atoms with Gasteiger partial charge in [0.1, 0.15) is 11.5 Å². The van der Waals surface area contributed by atoms with Crippen molar-refractivity contribution < 1.29 is 33.8 Å². The summed E-state index contributed by atoms with van der Waals surface area (Å²) in [7, 11) is 7.80. The quantitative estimate of drug-likeness (QED) is 0.0277. The van der Waals surface area contributed by atoms with Crippen molar-refractivity contribution in [1.29, 1.82) is 0 Å². The van der Waals surface area contributed by atoms with Gasteiger partial charge in [0.25, 0.3) is 17.7 Å². The van der Waals surface area contributed by atoms with E-state index in [1.54, 1.807) is 67.1 Å². The van der Waals surface area contributed by atoms with Crippen LogP contribution in [0.3, 0.4) is 0 Å². The maximum Gasteiger partial charge on any atom is 0.337 e. The summed E-state index contributed by atoms with van der Waals surface area (Å²) in [6.45, 7) is 17.4. The van der Waals surface area contributed by atoms with E-state index < -0.39 is 5.97 Å². The number of aromatic hydroxyl groups is 1. The van der Waals surface area contributed by atoms with Crippen molar-refractivity contribution in [2.75, 3.05) is 137 Å². The van der Waals surface area contributed by atoms with Gasteiger partial charge >= 0.3 is 5.97 Å². The van der Waals surface area contributed by atoms with E-state index in [-0.39, 0.29) is 29.6 Å². The molecule has 15 rings (SSSR count). The Labute approximate surface area is 675 Å². The average molecular weight is 1590 g/mol. The van der Waals surface area contributed by atoms with Gasteiger partial charge in [-0.2, -0.15) is 0 Å². The number of hydrogen-bond donors (Lipinski definition) is 7. The molecule has 6 aromatic heterocycles. The van der Waals surface area contributed by atoms with E-state index in [1.807, 2.05) is 123 Å². The fourth-order valence-corrected chi connectivity index (χ4v) is 15.5. The van der Waals surface area contributed by atoms with Crippen molar-refractivity contribution in [2.45, 2.75) is 39.6 Å². The van der Waals surface area contributed by atoms with Crippen LogP contribution >= 0.6 is 34.0 Å². The molecule has 0 atom stereocenters. The first-order chi connectivity index (χ1) is 55.4. The lowest BCUT2D eigenvalue weighted by atomic mass is 10.1. The summed E-state index contributed by atoms with van der Waals surface area (Å²) < 4.78 is 10.5. The molecule has 3 aliphatic rings. The second-order valence-electron chi connectivity index (χ2n) is 27.9. The molecule has 0 unspecified atom stereocenters. The predicted octanol–water partition coefficient (Wildman–Crippen LogP) is 14.2. The van der Waals surface area contributed by atoms with Crippen LogP contribution in [0.5, 0.6) is 11.5 Å². The number of methoxy groups -OCH3 is 1. The first-order valence-corrected chi connectivity index (χ1v) is 40.2. The van der Waals surface area contributed by atoms with Crippen molar-refractivity contribution >= 4 is 110 Å². The van der Waals surface area contributed by atoms with Crippen molar-refractivity contribution in [2.24, 2.45) is 0 Å². The number of phenols is 1. The zero-order chi connectivity index (χ0) is 79.3. The lowest BCUT2D eigenvalue weighted by molar-refractivity contribution is 0.0600. The first kappa shape index (κ1) is 79.9. The number of piperazine rings is 3. The number of benzene rings is 6. The molecule has 0 bridgehead atoms. The van der Waals surface area contributed by atoms with Crippen LogP contribution in [0.4, 0.5) is 52.0 Å². The number of amides is 3. The number of aromatic nitrogens is 6. The van der Waals surface area contributed by atoms with Gasteiger partial charge < -0.3 is 75.9 Å². The lowest BCUT2D eigenvalue weighted by Gasteiger charge is -2.34. The molecule has 12 aromatic rings. The summed E-state index contributed by atoms with van der Waals surface area (Å²) in [6, 6.07) is 63.3. The SMILES string of the molecule is CC(C)Oc1cccc(CNC(=O)c2ccc(-c3ccnc(Nc4cccc(N5CCN(C)CC5)c4)n3)s2)c1.CN1CCN(c2cccc(Nc3nccc(-c4ccc(C(=O)NCc5cccc(O)c5)s4)n3)c2)CC1.COC(=O)c1cccc(CNC(=O)c2ccc(-c3ccnc(Nc4cccc(N5CCN(C)CC5)c4)n3)s2)c1. The molecule has 9 heterocycles. The van der Waals surface area contributed by atoms with Gasteiger partial charge in [0.2, 0.25) is 17.8 Å². The Balaban J connectivity index is 0.000000149. The molecule has 0 spiro atoms. The van der Waals surface area contributed by atoms with Gasteiger partial charge in [-0.3, -0.25) is 14.4 Å². The summed E-state index contributed by atoms with van der Waals surface area (Å²) in [5.41, 5.74) is 11.7. The Hall–Kier alpha value is -12.2. The number of phenolic OH excluding ortho intramolecular Hbond substituents is 1. The molecule has 3 amide bonds. The summed E-state index contributed by atoms with van der Waals surface area (Å²) in [5, 5.41) is 28.4. The van der Waals surface area contributed by atoms with E-state index in [4.69, 9.17) is 14.5 Å². The summed E-state index contributed by atoms with van der Waals surface area (Å²) >= 11 is 4.15. The van der Waals surface area contributed by atoms with Gasteiger partial charge in [-0.25, -0.2) is 34.7 Å². The molecular formula is C86H92N18O7S3. The maximum absolute atomic E-state index is 12.8. The Bertz CT molecular complexity index is 5250. The minimum Gasteiger partial charge on any atom is -0.508 e. The number of ether oxygens (including phenoxy) is 2. The summed E-state index contributed by atoms with van der Waals surface area (Å²) in [5.74, 6) is 1.62. The molecule has 0 aliphatic carbocycles. The Morgan fingerprint density at radius 1 is 0.412 bits per heavy atom. The highest BCUT2D eigenvalue weighted by Gasteiger charge is 2.21. The first-order valence-electron chi connectivity index (χ1n) is 37.7. The Morgan fingerprint density at radius 2 is 0.763 bits per heavy atom. The molecule has 3 aliphatic heterocycles. The van der Waals surface area contributed by atoms with Crippen LogP contribution in [-0.2, 0) is 24.4 Å². The summed E-state index contributed by atoms with van der Waals surface area (Å²) in [4.78, 5) is 95.9. The molecule has 0 saturated carbocycles. The topological polar surface area (TPSA) is 276 Å². The fraction of sp³-hybridized carbons (Fsp3) is 0.256. The fourth-order valence-electron chi connectivity index (χ4n) is 12.8. The number of thiophene rings is 3. The van der Waals surface area contributed by atoms with E-state index in [9.17, 15) is 24.3 Å². The Kier molecular flexibility index (Phi) is 27.2. The molecular weight excluding hydrogens is 1490 g/mol. The van der Waals surface area contributed by atoms with Gasteiger partial charge in [0.05, 0.1) is 65.1 Å². The Morgan fingerprint density at radius 3 is 1.13 bits per heavy atom. The van der Waals surface area contributed by atoms with E-state index in [0.29, 0.717) is 57.7 Å². The number of nitrogens with one attached hydrogen (secondary N) is 6. The van der Waals surface area contributed by atoms with Crippen LogP contribution in [0.25, 0.3) is 31.7 Å². The number of esters is 1. The molecule has 7 N–H and O–H groups in total. The van der Waals surface area contributed by atoms with E-state index in [0.717, 1.165) is 150 Å². The van der Waals surface area contributed by atoms with Crippen molar-refractivity contribution in [3.8, 4) is 43.2 Å². The third-order valence-electron chi connectivity index (χ3n) is 19.0. The number of anilines is 9. The third kappa shape index (κ3) is 22.6. The van der Waals surface area contributed by atoms with Crippen LogP contribution in [0.2, 0.25) is 0 Å². The normalized spacial score (nSPS) is 13.8. The summed E-state index contributed by atoms with van der Waals surface area (Å²) in [6.07, 6.45) is 5.27. The van der Waals surface area contributed by atoms with Crippen LogP contribution in [0.15, 0.2) is 219 Å². The number of hydrogen-bond acceptors (Lipinski definition) is 25. The van der Waals surface area contributed by atoms with Crippen LogP contribution in [-0.4, -0.2) is 186 Å². The third-order valence-corrected chi connectivity index (χ3v) is 22.3. The monoisotopic (exact) mass is 1580 g/mol. The van der Waals surface area contributed by atoms with E-state index in [2.05, 4.69) is 150 Å². The zero-order valence-corrected chi connectivity index (χ0v) is 66.9. The van der Waals surface area contributed by atoms with Gasteiger partial charge in [-0.1, -0.05) is 54.6 Å². The highest BCUT2D eigenvalue weighted by atomic mass is 32.1. The minimum atomic E-state index is -0.410. The predicted molar refractivity (Wildman–Crippen MR) is 456 cm³/mol.